The van der Waals surface area contributed by atoms with Crippen LogP contribution in [0.4, 0.5) is 0 Å². The van der Waals surface area contributed by atoms with E-state index in [1.165, 1.54) is 29.9 Å². The van der Waals surface area contributed by atoms with Gasteiger partial charge in [0.2, 0.25) is 11.7 Å². The van der Waals surface area contributed by atoms with Crippen LogP contribution in [0.3, 0.4) is 0 Å². The Bertz CT molecular complexity index is 549. The van der Waals surface area contributed by atoms with Crippen molar-refractivity contribution >= 4 is 11.8 Å². The van der Waals surface area contributed by atoms with Crippen molar-refractivity contribution in [3.8, 4) is 11.4 Å². The van der Waals surface area contributed by atoms with Gasteiger partial charge in [0.05, 0.1) is 6.54 Å². The molecule has 1 aromatic carbocycles. The van der Waals surface area contributed by atoms with E-state index >= 15 is 0 Å². The molecule has 0 saturated carbocycles. The van der Waals surface area contributed by atoms with E-state index in [0.29, 0.717) is 17.6 Å². The van der Waals surface area contributed by atoms with Crippen molar-refractivity contribution in [3.63, 3.8) is 0 Å². The zero-order valence-electron chi connectivity index (χ0n) is 10.7. The molecular weight excluding hydrogens is 258 g/mol. The lowest BCUT2D eigenvalue weighted by atomic mass is 9.89. The van der Waals surface area contributed by atoms with Gasteiger partial charge in [-0.1, -0.05) is 29.4 Å². The summed E-state index contributed by atoms with van der Waals surface area (Å²) in [6, 6.07) is 8.37. The van der Waals surface area contributed by atoms with Gasteiger partial charge in [0.15, 0.2) is 0 Å². The van der Waals surface area contributed by atoms with E-state index in [9.17, 15) is 0 Å². The smallest absolute Gasteiger partial charge is 0.240 e. The Labute approximate surface area is 116 Å². The highest BCUT2D eigenvalue weighted by molar-refractivity contribution is 7.99. The van der Waals surface area contributed by atoms with Gasteiger partial charge in [-0.15, -0.1) is 0 Å². The number of hydrogen-bond donors (Lipinski definition) is 1. The molecule has 2 aromatic rings. The summed E-state index contributed by atoms with van der Waals surface area (Å²) < 4.78 is 5.12. The van der Waals surface area contributed by atoms with Crippen LogP contribution >= 0.6 is 11.8 Å². The number of thioether (sulfide) groups is 1. The lowest BCUT2D eigenvalue weighted by Gasteiger charge is -2.23. The second kappa shape index (κ2) is 5.75. The van der Waals surface area contributed by atoms with Crippen molar-refractivity contribution in [2.75, 3.05) is 11.5 Å². The fourth-order valence-corrected chi connectivity index (χ4v) is 3.62. The minimum atomic E-state index is 0.287. The quantitative estimate of drug-likeness (QED) is 0.933. The second-order valence-electron chi connectivity index (χ2n) is 4.69. The maximum Gasteiger partial charge on any atom is 0.240 e. The third-order valence-corrected chi connectivity index (χ3v) is 4.55. The normalized spacial score (nSPS) is 16.7. The van der Waals surface area contributed by atoms with Crippen LogP contribution in [0.25, 0.3) is 11.4 Å². The molecule has 0 unspecified atom stereocenters. The fraction of sp³-hybridized carbons (Fsp3) is 0.429. The number of aromatic nitrogens is 2. The molecule has 4 nitrogen and oxygen atoms in total. The summed E-state index contributed by atoms with van der Waals surface area (Å²) in [6.45, 7) is 0.287. The van der Waals surface area contributed by atoms with Crippen molar-refractivity contribution in [2.24, 2.45) is 5.73 Å². The van der Waals surface area contributed by atoms with Crippen LogP contribution in [0.15, 0.2) is 28.8 Å². The summed E-state index contributed by atoms with van der Waals surface area (Å²) in [5.41, 5.74) is 7.95. The lowest BCUT2D eigenvalue weighted by Crippen LogP contribution is -2.09. The SMILES string of the molecule is NCc1nc(-c2ccccc2C2CCSCC2)no1. The van der Waals surface area contributed by atoms with E-state index in [-0.39, 0.29) is 6.54 Å². The molecular formula is C14H17N3OS. The van der Waals surface area contributed by atoms with Crippen molar-refractivity contribution in [1.29, 1.82) is 0 Å². The Morgan fingerprint density at radius 1 is 1.26 bits per heavy atom. The fourth-order valence-electron chi connectivity index (χ4n) is 2.51. The van der Waals surface area contributed by atoms with Crippen LogP contribution < -0.4 is 5.73 Å². The Balaban J connectivity index is 1.96. The maximum atomic E-state index is 5.52. The van der Waals surface area contributed by atoms with Crippen LogP contribution in [0, 0.1) is 0 Å². The Morgan fingerprint density at radius 2 is 2.05 bits per heavy atom. The Kier molecular flexibility index (Phi) is 3.84. The third-order valence-electron chi connectivity index (χ3n) is 3.51. The standard InChI is InChI=1S/C14H17N3OS/c15-9-13-16-14(17-18-13)12-4-2-1-3-11(12)10-5-7-19-8-6-10/h1-4,10H,5-9,15H2. The summed E-state index contributed by atoms with van der Waals surface area (Å²) in [5, 5.41) is 4.04. The largest absolute Gasteiger partial charge is 0.338 e. The highest BCUT2D eigenvalue weighted by Crippen LogP contribution is 2.36. The maximum absolute atomic E-state index is 5.52. The predicted octanol–water partition coefficient (Wildman–Crippen LogP) is 2.81. The summed E-state index contributed by atoms with van der Waals surface area (Å²) in [5.74, 6) is 4.23. The molecule has 5 heteroatoms. The first-order valence-corrected chi connectivity index (χ1v) is 7.73. The van der Waals surface area contributed by atoms with Gasteiger partial charge in [-0.05, 0) is 35.8 Å². The topological polar surface area (TPSA) is 64.9 Å². The number of nitrogens with two attached hydrogens (primary N) is 1. The number of nitrogens with zero attached hydrogens (tertiary/aromatic N) is 2. The van der Waals surface area contributed by atoms with Crippen LogP contribution in [0.1, 0.15) is 30.2 Å². The zero-order valence-corrected chi connectivity index (χ0v) is 11.5. The molecule has 1 saturated heterocycles. The Morgan fingerprint density at radius 3 is 2.79 bits per heavy atom. The molecule has 1 aromatic heterocycles. The number of benzene rings is 1. The van der Waals surface area contributed by atoms with Crippen molar-refractivity contribution in [2.45, 2.75) is 25.3 Å². The van der Waals surface area contributed by atoms with E-state index in [1.807, 2.05) is 17.8 Å². The lowest BCUT2D eigenvalue weighted by molar-refractivity contribution is 0.380. The van der Waals surface area contributed by atoms with E-state index in [4.69, 9.17) is 10.3 Å². The van der Waals surface area contributed by atoms with E-state index in [0.717, 1.165) is 5.56 Å². The van der Waals surface area contributed by atoms with E-state index in [2.05, 4.69) is 28.3 Å². The van der Waals surface area contributed by atoms with Gasteiger partial charge in [0, 0.05) is 5.56 Å². The number of rotatable bonds is 3. The molecule has 0 bridgehead atoms. The minimum absolute atomic E-state index is 0.287. The van der Waals surface area contributed by atoms with Crippen molar-refractivity contribution < 1.29 is 4.52 Å². The minimum Gasteiger partial charge on any atom is -0.338 e. The Hall–Kier alpha value is -1.33. The molecule has 2 N–H and O–H groups in total. The van der Waals surface area contributed by atoms with Crippen LogP contribution in [-0.4, -0.2) is 21.6 Å². The first-order chi connectivity index (χ1) is 9.38. The molecule has 100 valence electrons. The first kappa shape index (κ1) is 12.7. The monoisotopic (exact) mass is 275 g/mol. The molecule has 2 heterocycles. The molecule has 19 heavy (non-hydrogen) atoms. The molecule has 0 aliphatic carbocycles. The van der Waals surface area contributed by atoms with Crippen LogP contribution in [0.5, 0.6) is 0 Å². The average Bonchev–Trinajstić information content (AvgIpc) is 2.97. The summed E-state index contributed by atoms with van der Waals surface area (Å²) in [7, 11) is 0. The molecule has 0 spiro atoms. The van der Waals surface area contributed by atoms with Gasteiger partial charge in [0.25, 0.3) is 0 Å². The summed E-state index contributed by atoms with van der Waals surface area (Å²) in [6.07, 6.45) is 2.45. The highest BCUT2D eigenvalue weighted by Gasteiger charge is 2.21. The van der Waals surface area contributed by atoms with Gasteiger partial charge in [-0.3, -0.25) is 0 Å². The van der Waals surface area contributed by atoms with Gasteiger partial charge >= 0.3 is 0 Å². The van der Waals surface area contributed by atoms with Crippen LogP contribution in [-0.2, 0) is 6.54 Å². The second-order valence-corrected chi connectivity index (χ2v) is 5.91. The number of hydrogen-bond acceptors (Lipinski definition) is 5. The molecule has 0 atom stereocenters. The highest BCUT2D eigenvalue weighted by atomic mass is 32.2. The summed E-state index contributed by atoms with van der Waals surface area (Å²) in [4.78, 5) is 4.35. The van der Waals surface area contributed by atoms with Gasteiger partial charge in [-0.2, -0.15) is 16.7 Å². The third kappa shape index (κ3) is 2.67. The zero-order chi connectivity index (χ0) is 13.1. The molecule has 3 rings (SSSR count). The molecule has 0 radical (unpaired) electrons. The van der Waals surface area contributed by atoms with Crippen LogP contribution in [0.2, 0.25) is 0 Å². The summed E-state index contributed by atoms with van der Waals surface area (Å²) >= 11 is 2.04. The van der Waals surface area contributed by atoms with Gasteiger partial charge < -0.3 is 10.3 Å². The van der Waals surface area contributed by atoms with Crippen molar-refractivity contribution in [1.82, 2.24) is 10.1 Å². The molecule has 1 fully saturated rings. The van der Waals surface area contributed by atoms with Crippen molar-refractivity contribution in [3.05, 3.63) is 35.7 Å². The predicted molar refractivity (Wildman–Crippen MR) is 76.9 cm³/mol. The van der Waals surface area contributed by atoms with Gasteiger partial charge in [-0.25, -0.2) is 0 Å². The van der Waals surface area contributed by atoms with Gasteiger partial charge in [0.1, 0.15) is 0 Å². The average molecular weight is 275 g/mol. The van der Waals surface area contributed by atoms with E-state index < -0.39 is 0 Å². The molecule has 1 aliphatic rings. The van der Waals surface area contributed by atoms with E-state index in [1.54, 1.807) is 0 Å². The molecule has 0 amide bonds. The first-order valence-electron chi connectivity index (χ1n) is 6.58. The molecule has 1 aliphatic heterocycles.